The summed E-state index contributed by atoms with van der Waals surface area (Å²) in [4.78, 5) is 31.4. The van der Waals surface area contributed by atoms with E-state index in [2.05, 4.69) is 33.4 Å². The molecule has 2 heterocycles. The highest BCUT2D eigenvalue weighted by atomic mass is 35.5. The lowest BCUT2D eigenvalue weighted by Gasteiger charge is -2.33. The fourth-order valence-electron chi connectivity index (χ4n) is 4.69. The third kappa shape index (κ3) is 5.26. The highest BCUT2D eigenvalue weighted by Gasteiger charge is 2.24. The first-order valence-electron chi connectivity index (χ1n) is 12.0. The Morgan fingerprint density at radius 1 is 0.973 bits per heavy atom. The molecule has 1 aromatic heterocycles. The molecule has 0 radical (unpaired) electrons. The van der Waals surface area contributed by atoms with Gasteiger partial charge in [-0.3, -0.25) is 4.79 Å². The van der Waals surface area contributed by atoms with Gasteiger partial charge in [-0.15, -0.1) is 0 Å². The lowest BCUT2D eigenvalue weighted by atomic mass is 9.99. The molecular weight excluding hydrogens is 509 g/mol. The van der Waals surface area contributed by atoms with Crippen molar-refractivity contribution in [2.45, 2.75) is 18.9 Å². The quantitative estimate of drug-likeness (QED) is 0.301. The van der Waals surface area contributed by atoms with Crippen molar-refractivity contribution in [3.8, 4) is 11.1 Å². The Morgan fingerprint density at radius 2 is 1.70 bits per heavy atom. The number of carbonyl (C=O) groups is 2. The normalized spacial score (nSPS) is 14.0. The van der Waals surface area contributed by atoms with Crippen molar-refractivity contribution in [1.29, 1.82) is 0 Å². The minimum Gasteiger partial charge on any atom is -0.465 e. The zero-order valence-corrected chi connectivity index (χ0v) is 21.7. The van der Waals surface area contributed by atoms with Crippen LogP contribution in [0.2, 0.25) is 10.0 Å². The molecule has 0 unspecified atom stereocenters. The van der Waals surface area contributed by atoms with Crippen molar-refractivity contribution < 1.29 is 14.3 Å². The Kier molecular flexibility index (Phi) is 7.31. The maximum atomic E-state index is 12.7. The zero-order valence-electron chi connectivity index (χ0n) is 20.2. The fraction of sp³-hybridized carbons (Fsp3) is 0.207. The average Bonchev–Trinajstić information content (AvgIpc) is 2.94. The van der Waals surface area contributed by atoms with Crippen molar-refractivity contribution in [1.82, 2.24) is 10.3 Å². The van der Waals surface area contributed by atoms with E-state index in [1.807, 2.05) is 24.4 Å². The minimum absolute atomic E-state index is 0.0494. The third-order valence-corrected chi connectivity index (χ3v) is 7.53. The minimum atomic E-state index is -0.350. The maximum Gasteiger partial charge on any atom is 0.337 e. The van der Waals surface area contributed by atoms with Crippen LogP contribution in [0.15, 0.2) is 72.9 Å². The molecule has 1 N–H and O–H groups in total. The van der Waals surface area contributed by atoms with Crippen LogP contribution < -0.4 is 10.2 Å². The zero-order chi connectivity index (χ0) is 25.9. The number of aromatic nitrogens is 1. The Labute approximate surface area is 225 Å². The maximum absolute atomic E-state index is 12.7. The molecule has 188 valence electrons. The van der Waals surface area contributed by atoms with E-state index >= 15 is 0 Å². The van der Waals surface area contributed by atoms with Crippen LogP contribution in [0, 0.1) is 0 Å². The number of pyridine rings is 1. The van der Waals surface area contributed by atoms with Gasteiger partial charge in [-0.25, -0.2) is 9.78 Å². The van der Waals surface area contributed by atoms with Crippen LogP contribution in [0.5, 0.6) is 0 Å². The second-order valence-corrected chi connectivity index (χ2v) is 9.76. The van der Waals surface area contributed by atoms with Crippen LogP contribution in [0.1, 0.15) is 33.6 Å². The molecule has 4 aromatic rings. The van der Waals surface area contributed by atoms with Gasteiger partial charge in [0, 0.05) is 30.7 Å². The van der Waals surface area contributed by atoms with Gasteiger partial charge in [0.05, 0.1) is 28.3 Å². The monoisotopic (exact) mass is 533 g/mol. The summed E-state index contributed by atoms with van der Waals surface area (Å²) in [5.74, 6) is 0.381. The SMILES string of the molecule is COC(=O)c1ccc(-c2ccc3c(N4CCC(NC(=O)c5cccc(Cl)c5Cl)CC4)nccc3c2)cc1. The number of nitrogens with one attached hydrogen (secondary N) is 1. The van der Waals surface area contributed by atoms with Gasteiger partial charge in [0.2, 0.25) is 0 Å². The topological polar surface area (TPSA) is 71.5 Å². The summed E-state index contributed by atoms with van der Waals surface area (Å²) in [7, 11) is 1.38. The summed E-state index contributed by atoms with van der Waals surface area (Å²) in [6, 6.07) is 20.8. The molecular formula is C29H25Cl2N3O3. The number of esters is 1. The molecule has 0 bridgehead atoms. The van der Waals surface area contributed by atoms with E-state index in [9.17, 15) is 9.59 Å². The number of carbonyl (C=O) groups excluding carboxylic acids is 2. The van der Waals surface area contributed by atoms with Crippen LogP contribution in [0.3, 0.4) is 0 Å². The van der Waals surface area contributed by atoms with Crippen molar-refractivity contribution >= 4 is 51.7 Å². The van der Waals surface area contributed by atoms with Crippen molar-refractivity contribution in [2.24, 2.45) is 0 Å². The van der Waals surface area contributed by atoms with Crippen molar-refractivity contribution in [2.75, 3.05) is 25.1 Å². The Bertz CT molecular complexity index is 1470. The van der Waals surface area contributed by atoms with Gasteiger partial charge in [-0.1, -0.05) is 53.5 Å². The van der Waals surface area contributed by atoms with E-state index in [-0.39, 0.29) is 22.9 Å². The first kappa shape index (κ1) is 25.1. The highest BCUT2D eigenvalue weighted by molar-refractivity contribution is 6.43. The van der Waals surface area contributed by atoms with Gasteiger partial charge in [-0.05, 0) is 65.8 Å². The number of piperidine rings is 1. The number of methoxy groups -OCH3 is 1. The second kappa shape index (κ2) is 10.8. The number of hydrogen-bond acceptors (Lipinski definition) is 5. The molecule has 1 saturated heterocycles. The molecule has 1 fully saturated rings. The molecule has 1 aliphatic rings. The van der Waals surface area contributed by atoms with Gasteiger partial charge in [-0.2, -0.15) is 0 Å². The Morgan fingerprint density at radius 3 is 2.43 bits per heavy atom. The van der Waals surface area contributed by atoms with E-state index in [1.54, 1.807) is 30.3 Å². The number of nitrogens with zero attached hydrogens (tertiary/aromatic N) is 2. The molecule has 37 heavy (non-hydrogen) atoms. The van der Waals surface area contributed by atoms with Crippen LogP contribution in [0.4, 0.5) is 5.82 Å². The molecule has 8 heteroatoms. The molecule has 0 spiro atoms. The largest absolute Gasteiger partial charge is 0.465 e. The summed E-state index contributed by atoms with van der Waals surface area (Å²) in [6.07, 6.45) is 3.43. The molecule has 6 nitrogen and oxygen atoms in total. The number of anilines is 1. The molecule has 3 aromatic carbocycles. The smallest absolute Gasteiger partial charge is 0.337 e. The summed E-state index contributed by atoms with van der Waals surface area (Å²) in [6.45, 7) is 1.55. The average molecular weight is 534 g/mol. The van der Waals surface area contributed by atoms with Crippen LogP contribution in [0.25, 0.3) is 21.9 Å². The number of benzene rings is 3. The molecule has 5 rings (SSSR count). The van der Waals surface area contributed by atoms with Gasteiger partial charge in [0.1, 0.15) is 5.82 Å². The van der Waals surface area contributed by atoms with E-state index in [4.69, 9.17) is 27.9 Å². The van der Waals surface area contributed by atoms with Gasteiger partial charge in [0.15, 0.2) is 0 Å². The van der Waals surface area contributed by atoms with Gasteiger partial charge in [0.25, 0.3) is 5.91 Å². The van der Waals surface area contributed by atoms with Gasteiger partial charge >= 0.3 is 5.97 Å². The van der Waals surface area contributed by atoms with E-state index in [0.29, 0.717) is 16.1 Å². The van der Waals surface area contributed by atoms with Crippen LogP contribution in [-0.2, 0) is 4.74 Å². The predicted molar refractivity (Wildman–Crippen MR) is 148 cm³/mol. The lowest BCUT2D eigenvalue weighted by molar-refractivity contribution is 0.0600. The number of hydrogen-bond donors (Lipinski definition) is 1. The second-order valence-electron chi connectivity index (χ2n) is 8.98. The Hall–Kier alpha value is -3.61. The number of rotatable bonds is 5. The first-order valence-corrected chi connectivity index (χ1v) is 12.8. The van der Waals surface area contributed by atoms with E-state index in [1.165, 1.54) is 7.11 Å². The van der Waals surface area contributed by atoms with Crippen molar-refractivity contribution in [3.63, 3.8) is 0 Å². The molecule has 1 aliphatic heterocycles. The highest BCUT2D eigenvalue weighted by Crippen LogP contribution is 2.31. The number of ether oxygens (including phenoxy) is 1. The number of halogens is 2. The first-order chi connectivity index (χ1) is 17.9. The van der Waals surface area contributed by atoms with Gasteiger partial charge < -0.3 is 15.0 Å². The predicted octanol–water partition coefficient (Wildman–Crippen LogP) is 6.39. The molecule has 0 atom stereocenters. The number of amides is 1. The van der Waals surface area contributed by atoms with E-state index < -0.39 is 0 Å². The van der Waals surface area contributed by atoms with Crippen LogP contribution in [-0.4, -0.2) is 43.1 Å². The standard InChI is InChI=1S/C29H25Cl2N3O3/c1-37-29(36)19-7-5-18(6-8-19)20-9-10-23-21(17-20)11-14-32-27(23)34-15-12-22(13-16-34)33-28(35)24-3-2-4-25(30)26(24)31/h2-11,14,17,22H,12-13,15-16H2,1H3,(H,33,35). The summed E-state index contributed by atoms with van der Waals surface area (Å²) >= 11 is 12.3. The molecule has 0 saturated carbocycles. The number of fused-ring (bicyclic) bond motifs is 1. The third-order valence-electron chi connectivity index (χ3n) is 6.71. The van der Waals surface area contributed by atoms with Crippen LogP contribution >= 0.6 is 23.2 Å². The summed E-state index contributed by atoms with van der Waals surface area (Å²) in [5, 5.41) is 5.90. The van der Waals surface area contributed by atoms with E-state index in [0.717, 1.165) is 53.6 Å². The fourth-order valence-corrected chi connectivity index (χ4v) is 5.07. The lowest BCUT2D eigenvalue weighted by Crippen LogP contribution is -2.45. The molecule has 0 aliphatic carbocycles. The van der Waals surface area contributed by atoms with Crippen molar-refractivity contribution in [3.05, 3.63) is 94.1 Å². The summed E-state index contributed by atoms with van der Waals surface area (Å²) in [5.41, 5.74) is 2.99. The molecule has 1 amide bonds. The Balaban J connectivity index is 1.28. The summed E-state index contributed by atoms with van der Waals surface area (Å²) < 4.78 is 4.78.